The lowest BCUT2D eigenvalue weighted by molar-refractivity contribution is -0.115. The zero-order valence-electron chi connectivity index (χ0n) is 10.4. The smallest absolute Gasteiger partial charge is 0.238 e. The summed E-state index contributed by atoms with van der Waals surface area (Å²) in [5.41, 5.74) is 0.477. The van der Waals surface area contributed by atoms with Crippen LogP contribution in [0.5, 0.6) is 0 Å². The molecule has 0 aliphatic rings. The number of carbonyl (C=O) groups excluding carboxylic acids is 1. The average molecular weight is 278 g/mol. The van der Waals surface area contributed by atoms with Gasteiger partial charge in [-0.2, -0.15) is 0 Å². The Kier molecular flexibility index (Phi) is 5.06. The van der Waals surface area contributed by atoms with Crippen molar-refractivity contribution < 1.29 is 9.18 Å². The highest BCUT2D eigenvalue weighted by atomic mass is 32.1. The minimum Gasteiger partial charge on any atom is -0.325 e. The maximum absolute atomic E-state index is 12.9. The lowest BCUT2D eigenvalue weighted by Crippen LogP contribution is -2.29. The predicted octanol–water partition coefficient (Wildman–Crippen LogP) is 2.66. The quantitative estimate of drug-likeness (QED) is 0.798. The van der Waals surface area contributed by atoms with Gasteiger partial charge in [-0.3, -0.25) is 4.79 Å². The van der Waals surface area contributed by atoms with Gasteiger partial charge in [0.25, 0.3) is 0 Å². The molecule has 0 radical (unpaired) electrons. The van der Waals surface area contributed by atoms with E-state index in [0.29, 0.717) is 5.69 Å². The molecule has 2 N–H and O–H groups in total. The molecule has 0 aliphatic carbocycles. The molecule has 1 heterocycles. The number of benzene rings is 1. The van der Waals surface area contributed by atoms with Crippen molar-refractivity contribution in [2.75, 3.05) is 18.4 Å². The molecule has 1 amide bonds. The van der Waals surface area contributed by atoms with Gasteiger partial charge < -0.3 is 10.6 Å². The van der Waals surface area contributed by atoms with Crippen molar-refractivity contribution in [3.05, 3.63) is 52.5 Å². The average Bonchev–Trinajstić information content (AvgIpc) is 2.88. The third kappa shape index (κ3) is 4.81. The Morgan fingerprint density at radius 1 is 1.26 bits per heavy atom. The van der Waals surface area contributed by atoms with Crippen molar-refractivity contribution in [1.29, 1.82) is 0 Å². The molecular weight excluding hydrogens is 263 g/mol. The summed E-state index contributed by atoms with van der Waals surface area (Å²) in [6.45, 7) is 0.971. The Labute approximate surface area is 115 Å². The molecule has 3 nitrogen and oxygen atoms in total. The van der Waals surface area contributed by atoms with E-state index >= 15 is 0 Å². The second-order valence-corrected chi connectivity index (χ2v) is 5.10. The first kappa shape index (κ1) is 13.7. The molecule has 1 aromatic carbocycles. The molecule has 0 atom stereocenters. The summed E-state index contributed by atoms with van der Waals surface area (Å²) in [4.78, 5) is 12.9. The SMILES string of the molecule is O=C(CNCCc1cccs1)Nc1cccc(F)c1. The summed E-state index contributed by atoms with van der Waals surface area (Å²) in [6, 6.07) is 9.94. The number of anilines is 1. The number of hydrogen-bond donors (Lipinski definition) is 2. The van der Waals surface area contributed by atoms with Crippen LogP contribution >= 0.6 is 11.3 Å². The van der Waals surface area contributed by atoms with Gasteiger partial charge in [-0.05, 0) is 36.1 Å². The number of carbonyl (C=O) groups is 1. The number of halogens is 1. The molecular formula is C14H15FN2OS. The van der Waals surface area contributed by atoms with Crippen LogP contribution in [0.15, 0.2) is 41.8 Å². The van der Waals surface area contributed by atoms with Crippen LogP contribution in [0.2, 0.25) is 0 Å². The fourth-order valence-corrected chi connectivity index (χ4v) is 2.35. The summed E-state index contributed by atoms with van der Waals surface area (Å²) in [6.07, 6.45) is 0.908. The van der Waals surface area contributed by atoms with Crippen LogP contribution in [0.1, 0.15) is 4.88 Å². The molecule has 0 saturated heterocycles. The number of nitrogens with one attached hydrogen (secondary N) is 2. The molecule has 0 fully saturated rings. The van der Waals surface area contributed by atoms with Crippen molar-refractivity contribution in [2.24, 2.45) is 0 Å². The van der Waals surface area contributed by atoms with Crippen LogP contribution < -0.4 is 10.6 Å². The highest BCUT2D eigenvalue weighted by Gasteiger charge is 2.02. The van der Waals surface area contributed by atoms with E-state index in [2.05, 4.69) is 16.7 Å². The van der Waals surface area contributed by atoms with E-state index in [1.165, 1.54) is 17.0 Å². The van der Waals surface area contributed by atoms with Crippen LogP contribution in [-0.2, 0) is 11.2 Å². The molecule has 2 aromatic rings. The van der Waals surface area contributed by atoms with Crippen LogP contribution in [-0.4, -0.2) is 19.0 Å². The lowest BCUT2D eigenvalue weighted by atomic mass is 10.3. The van der Waals surface area contributed by atoms with E-state index in [1.807, 2.05) is 11.4 Å². The van der Waals surface area contributed by atoms with Gasteiger partial charge >= 0.3 is 0 Å². The van der Waals surface area contributed by atoms with Gasteiger partial charge in [0.05, 0.1) is 6.54 Å². The van der Waals surface area contributed by atoms with Gasteiger partial charge in [0, 0.05) is 17.1 Å². The van der Waals surface area contributed by atoms with Gasteiger partial charge in [-0.15, -0.1) is 11.3 Å². The van der Waals surface area contributed by atoms with Gasteiger partial charge in [0.2, 0.25) is 5.91 Å². The van der Waals surface area contributed by atoms with Crippen molar-refractivity contribution >= 4 is 22.9 Å². The highest BCUT2D eigenvalue weighted by Crippen LogP contribution is 2.09. The van der Waals surface area contributed by atoms with E-state index in [4.69, 9.17) is 0 Å². The van der Waals surface area contributed by atoms with Crippen molar-refractivity contribution in [3.8, 4) is 0 Å². The number of amides is 1. The van der Waals surface area contributed by atoms with Crippen LogP contribution in [0.4, 0.5) is 10.1 Å². The molecule has 100 valence electrons. The Balaban J connectivity index is 1.67. The molecule has 0 unspecified atom stereocenters. The first-order chi connectivity index (χ1) is 9.24. The minimum atomic E-state index is -0.358. The van der Waals surface area contributed by atoms with Gasteiger partial charge in [-0.1, -0.05) is 12.1 Å². The third-order valence-corrected chi connectivity index (χ3v) is 3.46. The lowest BCUT2D eigenvalue weighted by Gasteiger charge is -2.06. The Bertz CT molecular complexity index is 528. The predicted molar refractivity (Wildman–Crippen MR) is 75.9 cm³/mol. The monoisotopic (exact) mass is 278 g/mol. The number of hydrogen-bond acceptors (Lipinski definition) is 3. The largest absolute Gasteiger partial charge is 0.325 e. The summed E-state index contributed by atoms with van der Waals surface area (Å²) >= 11 is 1.70. The first-order valence-electron chi connectivity index (χ1n) is 6.02. The number of thiophene rings is 1. The van der Waals surface area contributed by atoms with E-state index in [1.54, 1.807) is 23.5 Å². The molecule has 2 rings (SSSR count). The van der Waals surface area contributed by atoms with Gasteiger partial charge in [-0.25, -0.2) is 4.39 Å². The topological polar surface area (TPSA) is 41.1 Å². The fraction of sp³-hybridized carbons (Fsp3) is 0.214. The second kappa shape index (κ2) is 7.01. The van der Waals surface area contributed by atoms with E-state index in [9.17, 15) is 9.18 Å². The van der Waals surface area contributed by atoms with Gasteiger partial charge in [0.1, 0.15) is 5.82 Å². The normalized spacial score (nSPS) is 10.4. The standard InChI is InChI=1S/C14H15FN2OS/c15-11-3-1-4-12(9-11)17-14(18)10-16-7-6-13-5-2-8-19-13/h1-5,8-9,16H,6-7,10H2,(H,17,18). The highest BCUT2D eigenvalue weighted by molar-refractivity contribution is 7.09. The molecule has 0 spiro atoms. The maximum atomic E-state index is 12.9. The molecule has 0 saturated carbocycles. The van der Waals surface area contributed by atoms with E-state index in [0.717, 1.165) is 13.0 Å². The molecule has 0 aliphatic heterocycles. The zero-order valence-corrected chi connectivity index (χ0v) is 11.2. The third-order valence-electron chi connectivity index (χ3n) is 2.52. The zero-order chi connectivity index (χ0) is 13.5. The van der Waals surface area contributed by atoms with Crippen molar-refractivity contribution in [1.82, 2.24) is 5.32 Å². The Morgan fingerprint density at radius 3 is 2.89 bits per heavy atom. The molecule has 0 bridgehead atoms. The van der Waals surface area contributed by atoms with Crippen LogP contribution in [0.25, 0.3) is 0 Å². The second-order valence-electron chi connectivity index (χ2n) is 4.06. The maximum Gasteiger partial charge on any atom is 0.238 e. The van der Waals surface area contributed by atoms with Crippen LogP contribution in [0.3, 0.4) is 0 Å². The first-order valence-corrected chi connectivity index (χ1v) is 6.90. The van der Waals surface area contributed by atoms with E-state index in [-0.39, 0.29) is 18.3 Å². The fourth-order valence-electron chi connectivity index (χ4n) is 1.64. The van der Waals surface area contributed by atoms with Crippen LogP contribution in [0, 0.1) is 5.82 Å². The summed E-state index contributed by atoms with van der Waals surface area (Å²) in [7, 11) is 0. The van der Waals surface area contributed by atoms with E-state index < -0.39 is 0 Å². The molecule has 19 heavy (non-hydrogen) atoms. The summed E-state index contributed by atoms with van der Waals surface area (Å²) in [5, 5.41) is 7.73. The Morgan fingerprint density at radius 2 is 2.16 bits per heavy atom. The summed E-state index contributed by atoms with van der Waals surface area (Å²) in [5.74, 6) is -0.528. The minimum absolute atomic E-state index is 0.170. The molecule has 1 aromatic heterocycles. The summed E-state index contributed by atoms with van der Waals surface area (Å²) < 4.78 is 12.9. The van der Waals surface area contributed by atoms with Gasteiger partial charge in [0.15, 0.2) is 0 Å². The van der Waals surface area contributed by atoms with Crippen molar-refractivity contribution in [2.45, 2.75) is 6.42 Å². The Hall–Kier alpha value is -1.72. The number of rotatable bonds is 6. The van der Waals surface area contributed by atoms with Crippen molar-refractivity contribution in [3.63, 3.8) is 0 Å². The molecule has 5 heteroatoms.